The van der Waals surface area contributed by atoms with Crippen LogP contribution in [-0.2, 0) is 19.6 Å². The summed E-state index contributed by atoms with van der Waals surface area (Å²) in [7, 11) is -3.58. The summed E-state index contributed by atoms with van der Waals surface area (Å²) in [4.78, 5) is 24.5. The van der Waals surface area contributed by atoms with Gasteiger partial charge in [0.2, 0.25) is 10.0 Å². The minimum Gasteiger partial charge on any atom is -0.452 e. The first kappa shape index (κ1) is 22.7. The second-order valence-corrected chi connectivity index (χ2v) is 10.2. The van der Waals surface area contributed by atoms with Crippen molar-refractivity contribution in [1.82, 2.24) is 9.62 Å². The Morgan fingerprint density at radius 2 is 1.63 bits per heavy atom. The van der Waals surface area contributed by atoms with Crippen molar-refractivity contribution in [3.63, 3.8) is 0 Å². The maximum atomic E-state index is 12.9. The number of ether oxygens (including phenoxy) is 1. The number of hydrogen-bond acceptors (Lipinski definition) is 5. The van der Waals surface area contributed by atoms with E-state index in [0.717, 1.165) is 44.9 Å². The first-order valence-corrected chi connectivity index (χ1v) is 12.4. The number of nitrogens with zero attached hydrogens (tertiary/aromatic N) is 1. The maximum Gasteiger partial charge on any atom is 0.338 e. The minimum atomic E-state index is -3.58. The third-order valence-electron chi connectivity index (χ3n) is 5.99. The molecule has 0 spiro atoms. The highest BCUT2D eigenvalue weighted by molar-refractivity contribution is 7.89. The van der Waals surface area contributed by atoms with Crippen LogP contribution in [0.15, 0.2) is 29.2 Å². The van der Waals surface area contributed by atoms with Crippen molar-refractivity contribution >= 4 is 21.9 Å². The number of benzene rings is 1. The highest BCUT2D eigenvalue weighted by Crippen LogP contribution is 2.25. The highest BCUT2D eigenvalue weighted by Gasteiger charge is 2.31. The molecular formula is C22H32N2O5S. The number of carbonyl (C=O) groups excluding carboxylic acids is 2. The Hall–Kier alpha value is -1.93. The van der Waals surface area contributed by atoms with Gasteiger partial charge in [-0.15, -0.1) is 0 Å². The van der Waals surface area contributed by atoms with Crippen molar-refractivity contribution in [2.45, 2.75) is 81.7 Å². The van der Waals surface area contributed by atoms with Crippen LogP contribution >= 0.6 is 0 Å². The highest BCUT2D eigenvalue weighted by atomic mass is 32.2. The molecule has 30 heavy (non-hydrogen) atoms. The molecule has 1 saturated heterocycles. The van der Waals surface area contributed by atoms with E-state index in [1.165, 1.54) is 41.4 Å². The number of esters is 1. The first-order valence-electron chi connectivity index (χ1n) is 11.0. The number of hydrogen-bond donors (Lipinski definition) is 1. The second kappa shape index (κ2) is 10.4. The van der Waals surface area contributed by atoms with Gasteiger partial charge < -0.3 is 10.1 Å². The number of carbonyl (C=O) groups is 2. The quantitative estimate of drug-likeness (QED) is 0.546. The van der Waals surface area contributed by atoms with E-state index in [1.54, 1.807) is 0 Å². The molecule has 7 nitrogen and oxygen atoms in total. The Morgan fingerprint density at radius 1 is 1.00 bits per heavy atom. The predicted octanol–water partition coefficient (Wildman–Crippen LogP) is 3.25. The molecule has 166 valence electrons. The summed E-state index contributed by atoms with van der Waals surface area (Å²) < 4.78 is 32.4. The summed E-state index contributed by atoms with van der Waals surface area (Å²) >= 11 is 0. The number of amides is 1. The first-order chi connectivity index (χ1) is 14.4. The average molecular weight is 437 g/mol. The lowest BCUT2D eigenvalue weighted by Crippen LogP contribution is -2.41. The van der Waals surface area contributed by atoms with Crippen molar-refractivity contribution in [1.29, 1.82) is 0 Å². The van der Waals surface area contributed by atoms with E-state index in [2.05, 4.69) is 5.32 Å². The van der Waals surface area contributed by atoms with Gasteiger partial charge in [-0.25, -0.2) is 13.2 Å². The van der Waals surface area contributed by atoms with E-state index in [-0.39, 0.29) is 35.1 Å². The summed E-state index contributed by atoms with van der Waals surface area (Å²) in [5, 5.41) is 2.93. The van der Waals surface area contributed by atoms with Crippen LogP contribution in [0.2, 0.25) is 0 Å². The Labute approximate surface area is 179 Å². The SMILES string of the molecule is CC1CCCCN1S(=O)(=O)c1ccc(C(=O)OCC(=O)NC2CCCCCC2)cc1. The molecule has 1 heterocycles. The normalized spacial score (nSPS) is 21.6. The van der Waals surface area contributed by atoms with Crippen LogP contribution in [0.4, 0.5) is 0 Å². The molecular weight excluding hydrogens is 404 g/mol. The summed E-state index contributed by atoms with van der Waals surface area (Å²) in [5.74, 6) is -0.935. The average Bonchev–Trinajstić information content (AvgIpc) is 3.01. The molecule has 1 atom stereocenters. The van der Waals surface area contributed by atoms with Gasteiger partial charge in [0.1, 0.15) is 0 Å². The minimum absolute atomic E-state index is 0.0274. The monoisotopic (exact) mass is 436 g/mol. The number of sulfonamides is 1. The summed E-state index contributed by atoms with van der Waals surface area (Å²) in [5.41, 5.74) is 0.225. The van der Waals surface area contributed by atoms with Crippen molar-refractivity contribution in [3.8, 4) is 0 Å². The van der Waals surface area contributed by atoms with E-state index in [0.29, 0.717) is 6.54 Å². The van der Waals surface area contributed by atoms with Gasteiger partial charge in [-0.05, 0) is 56.9 Å². The molecule has 1 saturated carbocycles. The predicted molar refractivity (Wildman–Crippen MR) is 114 cm³/mol. The molecule has 1 N–H and O–H groups in total. The fraction of sp³-hybridized carbons (Fsp3) is 0.636. The lowest BCUT2D eigenvalue weighted by molar-refractivity contribution is -0.125. The topological polar surface area (TPSA) is 92.8 Å². The van der Waals surface area contributed by atoms with Gasteiger partial charge in [-0.3, -0.25) is 4.79 Å². The molecule has 1 aromatic carbocycles. The van der Waals surface area contributed by atoms with Gasteiger partial charge in [0, 0.05) is 18.6 Å². The molecule has 2 fully saturated rings. The largest absolute Gasteiger partial charge is 0.452 e. The van der Waals surface area contributed by atoms with Crippen LogP contribution in [0, 0.1) is 0 Å². The third-order valence-corrected chi connectivity index (χ3v) is 8.02. The molecule has 3 rings (SSSR count). The number of nitrogens with one attached hydrogen (secondary N) is 1. The van der Waals surface area contributed by atoms with Crippen LogP contribution < -0.4 is 5.32 Å². The van der Waals surface area contributed by atoms with Crippen molar-refractivity contribution < 1.29 is 22.7 Å². The van der Waals surface area contributed by atoms with Crippen LogP contribution in [0.1, 0.15) is 75.1 Å². The second-order valence-electron chi connectivity index (χ2n) is 8.32. The maximum absolute atomic E-state index is 12.9. The molecule has 8 heteroatoms. The van der Waals surface area contributed by atoms with Crippen molar-refractivity contribution in [3.05, 3.63) is 29.8 Å². The smallest absolute Gasteiger partial charge is 0.338 e. The van der Waals surface area contributed by atoms with Crippen LogP contribution in [-0.4, -0.2) is 49.8 Å². The Balaban J connectivity index is 1.53. The van der Waals surface area contributed by atoms with Crippen LogP contribution in [0.3, 0.4) is 0 Å². The van der Waals surface area contributed by atoms with Gasteiger partial charge in [-0.2, -0.15) is 4.31 Å². The Morgan fingerprint density at radius 3 is 2.27 bits per heavy atom. The van der Waals surface area contributed by atoms with E-state index >= 15 is 0 Å². The molecule has 2 aliphatic rings. The molecule has 1 aliphatic heterocycles. The van der Waals surface area contributed by atoms with Crippen molar-refractivity contribution in [2.75, 3.05) is 13.2 Å². The van der Waals surface area contributed by atoms with Gasteiger partial charge in [0.05, 0.1) is 10.5 Å². The molecule has 1 unspecified atom stereocenters. The fourth-order valence-electron chi connectivity index (χ4n) is 4.23. The summed E-state index contributed by atoms with van der Waals surface area (Å²) in [6.07, 6.45) is 9.28. The lowest BCUT2D eigenvalue weighted by Gasteiger charge is -2.32. The van der Waals surface area contributed by atoms with E-state index in [1.807, 2.05) is 6.92 Å². The molecule has 1 aliphatic carbocycles. The zero-order valence-corrected chi connectivity index (χ0v) is 18.5. The van der Waals surface area contributed by atoms with Gasteiger partial charge in [-0.1, -0.05) is 32.1 Å². The zero-order chi connectivity index (χ0) is 21.6. The molecule has 1 aromatic rings. The molecule has 0 aromatic heterocycles. The third kappa shape index (κ3) is 5.82. The van der Waals surface area contributed by atoms with Crippen LogP contribution in [0.5, 0.6) is 0 Å². The zero-order valence-electron chi connectivity index (χ0n) is 17.6. The van der Waals surface area contributed by atoms with Gasteiger partial charge in [0.15, 0.2) is 6.61 Å². The number of piperidine rings is 1. The summed E-state index contributed by atoms with van der Waals surface area (Å²) in [6.45, 7) is 2.10. The molecule has 0 radical (unpaired) electrons. The van der Waals surface area contributed by atoms with Gasteiger partial charge >= 0.3 is 5.97 Å². The Bertz CT molecular complexity index is 830. The standard InChI is InChI=1S/C22H32N2O5S/c1-17-8-6-7-15-24(17)30(27,28)20-13-11-18(12-14-20)22(26)29-16-21(25)23-19-9-4-2-3-5-10-19/h11-14,17,19H,2-10,15-16H2,1H3,(H,23,25). The number of rotatable bonds is 6. The van der Waals surface area contributed by atoms with Gasteiger partial charge in [0.25, 0.3) is 5.91 Å². The lowest BCUT2D eigenvalue weighted by atomic mass is 10.1. The Kier molecular flexibility index (Phi) is 7.88. The fourth-order valence-corrected chi connectivity index (χ4v) is 5.93. The van der Waals surface area contributed by atoms with Crippen molar-refractivity contribution in [2.24, 2.45) is 0 Å². The molecule has 1 amide bonds. The van der Waals surface area contributed by atoms with Crippen LogP contribution in [0.25, 0.3) is 0 Å². The molecule has 0 bridgehead atoms. The van der Waals surface area contributed by atoms with E-state index < -0.39 is 16.0 Å². The summed E-state index contributed by atoms with van der Waals surface area (Å²) in [6, 6.07) is 5.86. The van der Waals surface area contributed by atoms with E-state index in [9.17, 15) is 18.0 Å². The van der Waals surface area contributed by atoms with E-state index in [4.69, 9.17) is 4.74 Å².